The molecule has 2 N–H and O–H groups in total. The molecule has 1 heterocycles. The zero-order valence-corrected chi connectivity index (χ0v) is 8.99. The van der Waals surface area contributed by atoms with Gasteiger partial charge in [-0.25, -0.2) is 4.39 Å². The maximum Gasteiger partial charge on any atom is 0.416 e. The lowest BCUT2D eigenvalue weighted by molar-refractivity contribution is -0.137. The topological polar surface area (TPSA) is 83.6 Å². The molecule has 100 valence electrons. The Morgan fingerprint density at radius 2 is 2.05 bits per heavy atom. The van der Waals surface area contributed by atoms with Gasteiger partial charge in [-0.3, -0.25) is 4.79 Å². The predicted octanol–water partition coefficient (Wildman–Crippen LogP) is 1.61. The smallest absolute Gasteiger partial charge is 0.317 e. The lowest BCUT2D eigenvalue weighted by atomic mass is 10.2. The van der Waals surface area contributed by atoms with Crippen LogP contribution in [-0.4, -0.2) is 26.5 Å². The van der Waals surface area contributed by atoms with Gasteiger partial charge in [0.15, 0.2) is 0 Å². The van der Waals surface area contributed by atoms with E-state index in [4.69, 9.17) is 0 Å². The fourth-order valence-corrected chi connectivity index (χ4v) is 1.23. The normalized spacial score (nSPS) is 11.4. The van der Waals surface area contributed by atoms with E-state index in [0.29, 0.717) is 18.2 Å². The van der Waals surface area contributed by atoms with Crippen LogP contribution in [0.3, 0.4) is 0 Å². The molecule has 6 nitrogen and oxygen atoms in total. The fraction of sp³-hybridized carbons (Fsp3) is 0.111. The number of aromatic amines is 1. The van der Waals surface area contributed by atoms with E-state index >= 15 is 0 Å². The predicted molar refractivity (Wildman–Crippen MR) is 53.5 cm³/mol. The minimum absolute atomic E-state index is 0.420. The van der Waals surface area contributed by atoms with Gasteiger partial charge in [0, 0.05) is 0 Å². The first-order chi connectivity index (χ1) is 8.88. The third-order valence-electron chi connectivity index (χ3n) is 2.09. The summed E-state index contributed by atoms with van der Waals surface area (Å²) in [6.07, 6.45) is -4.64. The number of rotatable bonds is 2. The molecule has 2 aromatic rings. The summed E-state index contributed by atoms with van der Waals surface area (Å²) in [5.41, 5.74) is -1.71. The van der Waals surface area contributed by atoms with Gasteiger partial charge >= 0.3 is 6.18 Å². The van der Waals surface area contributed by atoms with Gasteiger partial charge < -0.3 is 5.32 Å². The molecule has 2 rings (SSSR count). The Morgan fingerprint density at radius 3 is 2.63 bits per heavy atom. The van der Waals surface area contributed by atoms with Crippen molar-refractivity contribution in [2.45, 2.75) is 6.18 Å². The standard InChI is InChI=1S/C9H5F4N5O/c10-5-2-1-4(9(11,12)13)3-6(5)14-8(19)7-15-17-18-16-7/h1-3H,(H,14,19)(H,15,16,17,18). The van der Waals surface area contributed by atoms with E-state index in [-0.39, 0.29) is 0 Å². The number of carbonyl (C=O) groups is 1. The van der Waals surface area contributed by atoms with Crippen LogP contribution in [0.5, 0.6) is 0 Å². The number of alkyl halides is 3. The van der Waals surface area contributed by atoms with Gasteiger partial charge in [0.2, 0.25) is 0 Å². The number of nitrogens with one attached hydrogen (secondary N) is 2. The number of halogens is 4. The highest BCUT2D eigenvalue weighted by Crippen LogP contribution is 2.31. The minimum atomic E-state index is -4.64. The molecule has 0 spiro atoms. The molecule has 0 aliphatic heterocycles. The van der Waals surface area contributed by atoms with Crippen LogP contribution in [0.1, 0.15) is 16.2 Å². The van der Waals surface area contributed by atoms with E-state index in [1.807, 2.05) is 10.5 Å². The number of nitrogens with zero attached hydrogens (tertiary/aromatic N) is 3. The van der Waals surface area contributed by atoms with Gasteiger partial charge in [-0.05, 0) is 23.4 Å². The number of aromatic nitrogens is 4. The number of H-pyrrole nitrogens is 1. The van der Waals surface area contributed by atoms with E-state index in [0.717, 1.165) is 0 Å². The quantitative estimate of drug-likeness (QED) is 0.815. The van der Waals surface area contributed by atoms with E-state index < -0.39 is 35.0 Å². The number of hydrogen-bond acceptors (Lipinski definition) is 4. The SMILES string of the molecule is O=C(Nc1cc(C(F)(F)F)ccc1F)c1nn[nH]n1. The van der Waals surface area contributed by atoms with Crippen molar-refractivity contribution in [2.75, 3.05) is 5.32 Å². The maximum absolute atomic E-state index is 13.3. The van der Waals surface area contributed by atoms with Crippen LogP contribution in [0.15, 0.2) is 18.2 Å². The molecule has 1 amide bonds. The summed E-state index contributed by atoms with van der Waals surface area (Å²) in [5.74, 6) is -2.41. The van der Waals surface area contributed by atoms with E-state index in [9.17, 15) is 22.4 Å². The second-order valence-corrected chi connectivity index (χ2v) is 3.38. The highest BCUT2D eigenvalue weighted by atomic mass is 19.4. The van der Waals surface area contributed by atoms with Crippen molar-refractivity contribution in [3.63, 3.8) is 0 Å². The summed E-state index contributed by atoms with van der Waals surface area (Å²) in [4.78, 5) is 11.4. The van der Waals surface area contributed by atoms with Gasteiger partial charge in [-0.2, -0.15) is 18.4 Å². The Balaban J connectivity index is 2.27. The Bertz CT molecular complexity index is 595. The van der Waals surface area contributed by atoms with E-state index in [1.54, 1.807) is 0 Å². The second kappa shape index (κ2) is 4.63. The summed E-state index contributed by atoms with van der Waals surface area (Å²) in [5, 5.41) is 13.6. The highest BCUT2D eigenvalue weighted by Gasteiger charge is 2.31. The monoisotopic (exact) mass is 275 g/mol. The molecule has 0 fully saturated rings. The molecule has 0 saturated carbocycles. The summed E-state index contributed by atoms with van der Waals surface area (Å²) >= 11 is 0. The Labute approximate surface area is 102 Å². The fourth-order valence-electron chi connectivity index (χ4n) is 1.23. The van der Waals surface area contributed by atoms with Gasteiger partial charge in [-0.1, -0.05) is 0 Å². The van der Waals surface area contributed by atoms with E-state index in [1.165, 1.54) is 0 Å². The molecule has 0 aliphatic carbocycles. The number of anilines is 1. The first-order valence-corrected chi connectivity index (χ1v) is 4.79. The molecular formula is C9H5F4N5O. The molecule has 10 heteroatoms. The van der Waals surface area contributed by atoms with Crippen LogP contribution >= 0.6 is 0 Å². The van der Waals surface area contributed by atoms with Crippen molar-refractivity contribution < 1.29 is 22.4 Å². The molecule has 0 aliphatic rings. The summed E-state index contributed by atoms with van der Waals surface area (Å²) < 4.78 is 50.6. The number of benzene rings is 1. The van der Waals surface area contributed by atoms with Crippen LogP contribution in [0.25, 0.3) is 0 Å². The zero-order chi connectivity index (χ0) is 14.0. The zero-order valence-electron chi connectivity index (χ0n) is 8.99. The summed E-state index contributed by atoms with van der Waals surface area (Å²) in [6, 6.07) is 1.65. The molecule has 0 atom stereocenters. The van der Waals surface area contributed by atoms with Crippen LogP contribution in [0.4, 0.5) is 23.2 Å². The third-order valence-corrected chi connectivity index (χ3v) is 2.09. The van der Waals surface area contributed by atoms with Crippen LogP contribution in [0, 0.1) is 5.82 Å². The molecule has 1 aromatic carbocycles. The van der Waals surface area contributed by atoms with Crippen molar-refractivity contribution in [1.29, 1.82) is 0 Å². The van der Waals surface area contributed by atoms with Crippen molar-refractivity contribution in [1.82, 2.24) is 20.6 Å². The van der Waals surface area contributed by atoms with Crippen LogP contribution < -0.4 is 5.32 Å². The largest absolute Gasteiger partial charge is 0.416 e. The number of hydrogen-bond donors (Lipinski definition) is 2. The average Bonchev–Trinajstić information content (AvgIpc) is 2.84. The number of tetrazole rings is 1. The Morgan fingerprint density at radius 1 is 1.32 bits per heavy atom. The maximum atomic E-state index is 13.3. The molecule has 19 heavy (non-hydrogen) atoms. The summed E-state index contributed by atoms with van der Waals surface area (Å²) in [6.45, 7) is 0. The first kappa shape index (κ1) is 12.9. The molecule has 0 unspecified atom stereocenters. The number of amides is 1. The van der Waals surface area contributed by atoms with Crippen LogP contribution in [0.2, 0.25) is 0 Å². The van der Waals surface area contributed by atoms with Gasteiger partial charge in [0.25, 0.3) is 11.7 Å². The van der Waals surface area contributed by atoms with Crippen molar-refractivity contribution in [3.05, 3.63) is 35.4 Å². The molecule has 1 aromatic heterocycles. The first-order valence-electron chi connectivity index (χ1n) is 4.79. The third kappa shape index (κ3) is 2.84. The second-order valence-electron chi connectivity index (χ2n) is 3.38. The lowest BCUT2D eigenvalue weighted by Crippen LogP contribution is -2.16. The molecule has 0 bridgehead atoms. The van der Waals surface area contributed by atoms with Crippen molar-refractivity contribution >= 4 is 11.6 Å². The summed E-state index contributed by atoms with van der Waals surface area (Å²) in [7, 11) is 0. The van der Waals surface area contributed by atoms with Gasteiger partial charge in [-0.15, -0.1) is 10.2 Å². The highest BCUT2D eigenvalue weighted by molar-refractivity contribution is 6.01. The average molecular weight is 275 g/mol. The van der Waals surface area contributed by atoms with Crippen molar-refractivity contribution in [3.8, 4) is 0 Å². The Kier molecular flexibility index (Phi) is 3.15. The number of carbonyl (C=O) groups excluding carboxylic acids is 1. The van der Waals surface area contributed by atoms with Gasteiger partial charge in [0.1, 0.15) is 5.82 Å². The van der Waals surface area contributed by atoms with Crippen LogP contribution in [-0.2, 0) is 6.18 Å². The van der Waals surface area contributed by atoms with Gasteiger partial charge in [0.05, 0.1) is 11.3 Å². The molecule has 0 saturated heterocycles. The molecule has 0 radical (unpaired) electrons. The minimum Gasteiger partial charge on any atom is -0.317 e. The molecular weight excluding hydrogens is 270 g/mol. The van der Waals surface area contributed by atoms with Crippen molar-refractivity contribution in [2.24, 2.45) is 0 Å². The lowest BCUT2D eigenvalue weighted by Gasteiger charge is -2.09. The van der Waals surface area contributed by atoms with E-state index in [2.05, 4.69) is 15.4 Å². The Hall–Kier alpha value is -2.52.